The molecule has 6 unspecified atom stereocenters. The number of carboxylic acid groups (broad SMARTS) is 1. The van der Waals surface area contributed by atoms with Crippen LogP contribution in [-0.2, 0) is 33.4 Å². The molecule has 33 heavy (non-hydrogen) atoms. The Morgan fingerprint density at radius 3 is 2.21 bits per heavy atom. The maximum Gasteiger partial charge on any atom is 0.378 e. The van der Waals surface area contributed by atoms with Crippen LogP contribution in [0.3, 0.4) is 0 Å². The first kappa shape index (κ1) is 21.3. The fourth-order valence-electron chi connectivity index (χ4n) is 8.40. The van der Waals surface area contributed by atoms with Gasteiger partial charge < -0.3 is 19.3 Å². The third kappa shape index (κ3) is 3.04. The maximum atomic E-state index is 13.5. The minimum atomic E-state index is -4.23. The Labute approximate surface area is 188 Å². The summed E-state index contributed by atoms with van der Waals surface area (Å²) >= 11 is 0. The van der Waals surface area contributed by atoms with Gasteiger partial charge in [-0.1, -0.05) is 0 Å². The van der Waals surface area contributed by atoms with Crippen LogP contribution >= 0.6 is 0 Å². The molecule has 1 N–H and O–H groups in total. The summed E-state index contributed by atoms with van der Waals surface area (Å²) < 4.78 is 42.9. The third-order valence-electron chi connectivity index (χ3n) is 9.24. The van der Waals surface area contributed by atoms with Crippen LogP contribution in [0.2, 0.25) is 0 Å². The van der Waals surface area contributed by atoms with E-state index >= 15 is 0 Å². The van der Waals surface area contributed by atoms with E-state index in [2.05, 4.69) is 4.74 Å². The molecule has 7 aliphatic rings. The van der Waals surface area contributed by atoms with Crippen molar-refractivity contribution in [2.24, 2.45) is 46.8 Å². The van der Waals surface area contributed by atoms with Crippen molar-refractivity contribution in [1.29, 1.82) is 0 Å². The van der Waals surface area contributed by atoms with Crippen molar-refractivity contribution in [3.8, 4) is 0 Å². The van der Waals surface area contributed by atoms with Gasteiger partial charge in [-0.15, -0.1) is 0 Å². The Bertz CT molecular complexity index is 896. The molecule has 0 spiro atoms. The Hall–Kier alpha value is -2.26. The second-order valence-electron chi connectivity index (χ2n) is 11.2. The number of halogens is 2. The highest BCUT2D eigenvalue weighted by atomic mass is 19.3. The fraction of sp³-hybridized carbons (Fsp3) is 0.826. The monoisotopic (exact) mass is 468 g/mol. The van der Waals surface area contributed by atoms with Gasteiger partial charge in [-0.25, -0.2) is 4.79 Å². The summed E-state index contributed by atoms with van der Waals surface area (Å²) in [5.74, 6) is -9.81. The standard InChI is InChI=1S/C23H26F2O8/c24-23(25,20(28)29)8-31-18(26)14-12-4-13-15(14)19(27)32-16(13)17(12)33-21(30)22-5-9-1-10(6-22)3-11(2-9)7-22/h9-17H,1-8H2,(H,28,29). The van der Waals surface area contributed by atoms with Crippen molar-refractivity contribution in [3.05, 3.63) is 0 Å². The number of carboxylic acids is 1. The number of aliphatic carboxylic acids is 1. The van der Waals surface area contributed by atoms with Crippen molar-refractivity contribution in [2.45, 2.75) is 63.1 Å². The van der Waals surface area contributed by atoms with Gasteiger partial charge in [-0.2, -0.15) is 8.78 Å². The Morgan fingerprint density at radius 2 is 1.64 bits per heavy atom. The lowest BCUT2D eigenvalue weighted by Crippen LogP contribution is -2.53. The molecule has 7 fully saturated rings. The molecule has 6 saturated carbocycles. The third-order valence-corrected chi connectivity index (χ3v) is 9.24. The summed E-state index contributed by atoms with van der Waals surface area (Å²) in [7, 11) is 0. The second-order valence-corrected chi connectivity index (χ2v) is 11.2. The molecule has 6 atom stereocenters. The van der Waals surface area contributed by atoms with Gasteiger partial charge >= 0.3 is 29.8 Å². The summed E-state index contributed by atoms with van der Waals surface area (Å²) in [6.45, 7) is -1.61. The fourth-order valence-corrected chi connectivity index (χ4v) is 8.40. The molecular weight excluding hydrogens is 442 g/mol. The number of hydrogen-bond donors (Lipinski definition) is 1. The maximum absolute atomic E-state index is 13.5. The number of rotatable bonds is 6. The molecule has 1 saturated heterocycles. The predicted octanol–water partition coefficient (Wildman–Crippen LogP) is 2.19. The Morgan fingerprint density at radius 1 is 1.03 bits per heavy atom. The van der Waals surface area contributed by atoms with Crippen molar-refractivity contribution >= 4 is 23.9 Å². The van der Waals surface area contributed by atoms with E-state index in [-0.39, 0.29) is 11.9 Å². The van der Waals surface area contributed by atoms with E-state index in [4.69, 9.17) is 14.6 Å². The minimum absolute atomic E-state index is 0.289. The van der Waals surface area contributed by atoms with Gasteiger partial charge in [-0.05, 0) is 62.7 Å². The number of ether oxygens (including phenoxy) is 3. The highest BCUT2D eigenvalue weighted by Gasteiger charge is 2.71. The molecule has 8 nitrogen and oxygen atoms in total. The summed E-state index contributed by atoms with van der Waals surface area (Å²) in [5.41, 5.74) is -0.516. The van der Waals surface area contributed by atoms with Crippen molar-refractivity contribution in [2.75, 3.05) is 6.61 Å². The number of carbonyl (C=O) groups is 4. The Balaban J connectivity index is 1.19. The highest BCUT2D eigenvalue weighted by Crippen LogP contribution is 2.62. The minimum Gasteiger partial charge on any atom is -0.477 e. The molecule has 6 bridgehead atoms. The van der Waals surface area contributed by atoms with Gasteiger partial charge in [-0.3, -0.25) is 14.4 Å². The molecule has 7 rings (SSSR count). The van der Waals surface area contributed by atoms with E-state index < -0.39 is 65.8 Å². The van der Waals surface area contributed by atoms with Gasteiger partial charge in [0.2, 0.25) is 0 Å². The van der Waals surface area contributed by atoms with E-state index in [1.807, 2.05) is 0 Å². The van der Waals surface area contributed by atoms with Gasteiger partial charge in [0.25, 0.3) is 0 Å². The van der Waals surface area contributed by atoms with Crippen molar-refractivity contribution in [3.63, 3.8) is 0 Å². The highest BCUT2D eigenvalue weighted by molar-refractivity contribution is 5.87. The normalized spacial score (nSPS) is 46.4. The number of esters is 3. The molecule has 0 amide bonds. The van der Waals surface area contributed by atoms with Gasteiger partial charge in [0.15, 0.2) is 6.61 Å². The first-order valence-corrected chi connectivity index (χ1v) is 11.8. The summed E-state index contributed by atoms with van der Waals surface area (Å²) in [5, 5.41) is 8.56. The van der Waals surface area contributed by atoms with Crippen LogP contribution in [0.4, 0.5) is 8.78 Å². The molecular formula is C23H26F2O8. The van der Waals surface area contributed by atoms with Gasteiger partial charge in [0.1, 0.15) is 12.2 Å². The number of hydrogen-bond acceptors (Lipinski definition) is 7. The molecule has 6 aliphatic carbocycles. The zero-order valence-electron chi connectivity index (χ0n) is 17.9. The number of alkyl halides is 2. The van der Waals surface area contributed by atoms with E-state index in [9.17, 15) is 28.0 Å². The van der Waals surface area contributed by atoms with E-state index in [1.165, 1.54) is 0 Å². The van der Waals surface area contributed by atoms with Crippen molar-refractivity contribution in [1.82, 2.24) is 0 Å². The molecule has 180 valence electrons. The zero-order chi connectivity index (χ0) is 23.3. The van der Waals surface area contributed by atoms with Crippen LogP contribution in [0, 0.1) is 46.8 Å². The SMILES string of the molecule is O=C1OC2C3CC(C2OC(=O)C24CC5CC(CC(C5)C2)C4)C(C(=O)OCC(F)(F)C(=O)O)C13. The zero-order valence-corrected chi connectivity index (χ0v) is 17.9. The van der Waals surface area contributed by atoms with Crippen LogP contribution in [0.15, 0.2) is 0 Å². The molecule has 0 aromatic heterocycles. The first-order valence-electron chi connectivity index (χ1n) is 11.8. The molecule has 0 aromatic carbocycles. The molecule has 1 aliphatic heterocycles. The lowest BCUT2D eigenvalue weighted by Gasteiger charge is -2.55. The number of carbonyl (C=O) groups excluding carboxylic acids is 3. The number of fused-ring (bicyclic) bond motifs is 1. The average Bonchev–Trinajstić information content (AvgIpc) is 3.34. The smallest absolute Gasteiger partial charge is 0.378 e. The van der Waals surface area contributed by atoms with Crippen LogP contribution in [0.1, 0.15) is 44.9 Å². The first-order chi connectivity index (χ1) is 15.6. The van der Waals surface area contributed by atoms with Crippen LogP contribution in [0.5, 0.6) is 0 Å². The van der Waals surface area contributed by atoms with Gasteiger partial charge in [0.05, 0.1) is 17.3 Å². The largest absolute Gasteiger partial charge is 0.477 e. The molecule has 0 radical (unpaired) electrons. The van der Waals surface area contributed by atoms with Gasteiger partial charge in [0, 0.05) is 11.8 Å². The summed E-state index contributed by atoms with van der Waals surface area (Å²) in [6, 6.07) is 0. The second kappa shape index (κ2) is 6.88. The lowest BCUT2D eigenvalue weighted by atomic mass is 9.49. The van der Waals surface area contributed by atoms with Crippen LogP contribution < -0.4 is 0 Å². The Kier molecular flexibility index (Phi) is 4.44. The van der Waals surface area contributed by atoms with Crippen LogP contribution in [0.25, 0.3) is 0 Å². The molecule has 1 heterocycles. The average molecular weight is 468 g/mol. The summed E-state index contributed by atoms with van der Waals surface area (Å²) in [6.07, 6.45) is 4.87. The van der Waals surface area contributed by atoms with E-state index in [0.29, 0.717) is 24.2 Å². The van der Waals surface area contributed by atoms with Crippen LogP contribution in [-0.4, -0.2) is 53.7 Å². The molecule has 0 aromatic rings. The summed E-state index contributed by atoms with van der Waals surface area (Å²) in [4.78, 5) is 49.2. The predicted molar refractivity (Wildman–Crippen MR) is 102 cm³/mol. The lowest BCUT2D eigenvalue weighted by molar-refractivity contribution is -0.190. The molecule has 10 heteroatoms. The quantitative estimate of drug-likeness (QED) is 0.466. The van der Waals surface area contributed by atoms with Crippen molar-refractivity contribution < 1.29 is 47.3 Å². The van der Waals surface area contributed by atoms with E-state index in [1.54, 1.807) is 0 Å². The van der Waals surface area contributed by atoms with E-state index in [0.717, 1.165) is 38.5 Å². The topological polar surface area (TPSA) is 116 Å².